The van der Waals surface area contributed by atoms with Crippen molar-refractivity contribution in [2.75, 3.05) is 0 Å². The first-order chi connectivity index (χ1) is 16.0. The van der Waals surface area contributed by atoms with Crippen LogP contribution in [0.4, 0.5) is 0 Å². The molecule has 6 rings (SSSR count). The molecule has 0 aliphatic rings. The van der Waals surface area contributed by atoms with Crippen LogP contribution in [0, 0.1) is 6.92 Å². The summed E-state index contributed by atoms with van der Waals surface area (Å²) < 4.78 is 3.33. The van der Waals surface area contributed by atoms with E-state index in [1.807, 2.05) is 61.5 Å². The molecule has 33 heavy (non-hydrogen) atoms. The van der Waals surface area contributed by atoms with Crippen molar-refractivity contribution in [1.29, 1.82) is 0 Å². The van der Waals surface area contributed by atoms with E-state index < -0.39 is 0 Å². The van der Waals surface area contributed by atoms with Gasteiger partial charge in [-0.1, -0.05) is 47.5 Å². The molecule has 0 saturated carbocycles. The zero-order chi connectivity index (χ0) is 22.7. The predicted octanol–water partition coefficient (Wildman–Crippen LogP) is 5.89. The van der Waals surface area contributed by atoms with E-state index in [1.165, 1.54) is 10.9 Å². The maximum atomic E-state index is 13.8. The highest BCUT2D eigenvalue weighted by atomic mass is 35.5. The van der Waals surface area contributed by atoms with Crippen LogP contribution in [-0.4, -0.2) is 24.1 Å². The van der Waals surface area contributed by atoms with Gasteiger partial charge in [-0.25, -0.2) is 15.0 Å². The highest BCUT2D eigenvalue weighted by molar-refractivity contribution is 6.42. The van der Waals surface area contributed by atoms with Crippen LogP contribution >= 0.6 is 23.2 Å². The Morgan fingerprint density at radius 3 is 2.33 bits per heavy atom. The van der Waals surface area contributed by atoms with Crippen molar-refractivity contribution in [3.05, 3.63) is 99.0 Å². The third kappa shape index (κ3) is 3.10. The van der Waals surface area contributed by atoms with Crippen molar-refractivity contribution in [2.45, 2.75) is 6.92 Å². The van der Waals surface area contributed by atoms with Crippen LogP contribution in [0.15, 0.2) is 77.9 Å². The molecule has 160 valence electrons. The fraction of sp³-hybridized carbons (Fsp3) is 0.0400. The lowest BCUT2D eigenvalue weighted by atomic mass is 10.2. The Labute approximate surface area is 197 Å². The standard InChI is InChI=1S/C25H15Cl2N5O/c1-14-5-4-6-15(11-14)31-13-28-23-21(25(31)33)22-24(30-20-8-3-2-7-19(20)29-22)32(23)16-9-10-17(26)18(27)12-16/h2-13H,1H3. The van der Waals surface area contributed by atoms with Gasteiger partial charge in [-0.05, 0) is 55.0 Å². The molecule has 6 nitrogen and oxygen atoms in total. The van der Waals surface area contributed by atoms with Gasteiger partial charge in [0.1, 0.15) is 17.2 Å². The third-order valence-corrected chi connectivity index (χ3v) is 6.34. The normalized spacial score (nSPS) is 11.6. The molecule has 0 atom stereocenters. The summed E-state index contributed by atoms with van der Waals surface area (Å²) in [5.41, 5.74) is 5.11. The summed E-state index contributed by atoms with van der Waals surface area (Å²) in [5.74, 6) is 0. The molecule has 6 aromatic rings. The summed E-state index contributed by atoms with van der Waals surface area (Å²) in [6.07, 6.45) is 1.53. The minimum atomic E-state index is -0.223. The monoisotopic (exact) mass is 471 g/mol. The molecule has 0 saturated heterocycles. The van der Waals surface area contributed by atoms with Crippen LogP contribution in [0.25, 0.3) is 44.6 Å². The van der Waals surface area contributed by atoms with Crippen LogP contribution in [0.3, 0.4) is 0 Å². The highest BCUT2D eigenvalue weighted by Gasteiger charge is 2.21. The maximum absolute atomic E-state index is 13.8. The maximum Gasteiger partial charge on any atom is 0.269 e. The fourth-order valence-corrected chi connectivity index (χ4v) is 4.36. The van der Waals surface area contributed by atoms with Crippen molar-refractivity contribution < 1.29 is 0 Å². The van der Waals surface area contributed by atoms with Gasteiger partial charge in [0.05, 0.1) is 32.5 Å². The lowest BCUT2D eigenvalue weighted by molar-refractivity contribution is 0.950. The molecule has 0 radical (unpaired) electrons. The van der Waals surface area contributed by atoms with Gasteiger partial charge in [-0.2, -0.15) is 0 Å². The van der Waals surface area contributed by atoms with Crippen molar-refractivity contribution in [3.63, 3.8) is 0 Å². The second-order valence-corrected chi connectivity index (χ2v) is 8.59. The Bertz CT molecular complexity index is 1790. The highest BCUT2D eigenvalue weighted by Crippen LogP contribution is 2.31. The second kappa shape index (κ2) is 7.40. The zero-order valence-corrected chi connectivity index (χ0v) is 18.8. The van der Waals surface area contributed by atoms with E-state index in [0.29, 0.717) is 49.0 Å². The minimum Gasteiger partial charge on any atom is -0.276 e. The molecule has 8 heteroatoms. The molecular formula is C25H15Cl2N5O. The number of fused-ring (bicyclic) bond motifs is 4. The summed E-state index contributed by atoms with van der Waals surface area (Å²) in [6, 6.07) is 20.5. The molecule has 0 N–H and O–H groups in total. The molecule has 0 unspecified atom stereocenters. The summed E-state index contributed by atoms with van der Waals surface area (Å²) in [5, 5.41) is 1.22. The molecule has 0 aliphatic carbocycles. The Morgan fingerprint density at radius 2 is 1.58 bits per heavy atom. The van der Waals surface area contributed by atoms with Crippen LogP contribution in [0.1, 0.15) is 5.56 Å². The van der Waals surface area contributed by atoms with Crippen molar-refractivity contribution in [2.24, 2.45) is 0 Å². The quantitative estimate of drug-likeness (QED) is 0.315. The second-order valence-electron chi connectivity index (χ2n) is 7.78. The zero-order valence-electron chi connectivity index (χ0n) is 17.3. The Morgan fingerprint density at radius 1 is 0.788 bits per heavy atom. The van der Waals surface area contributed by atoms with Crippen LogP contribution in [-0.2, 0) is 0 Å². The van der Waals surface area contributed by atoms with Gasteiger partial charge in [-0.3, -0.25) is 13.9 Å². The first-order valence-electron chi connectivity index (χ1n) is 10.2. The Balaban J connectivity index is 1.78. The lowest BCUT2D eigenvalue weighted by Gasteiger charge is -2.09. The molecule has 0 bridgehead atoms. The van der Waals surface area contributed by atoms with Crippen LogP contribution < -0.4 is 5.56 Å². The molecule has 0 fully saturated rings. The van der Waals surface area contributed by atoms with Gasteiger partial charge in [0.15, 0.2) is 11.3 Å². The molecule has 3 aromatic carbocycles. The van der Waals surface area contributed by atoms with E-state index in [-0.39, 0.29) is 5.56 Å². The van der Waals surface area contributed by atoms with Gasteiger partial charge in [0, 0.05) is 0 Å². The number of halogens is 2. The number of nitrogens with zero attached hydrogens (tertiary/aromatic N) is 5. The van der Waals surface area contributed by atoms with E-state index in [0.717, 1.165) is 11.3 Å². The molecule has 0 amide bonds. The van der Waals surface area contributed by atoms with Crippen molar-refractivity contribution in [1.82, 2.24) is 24.1 Å². The number of benzene rings is 3. The predicted molar refractivity (Wildman–Crippen MR) is 132 cm³/mol. The number of hydrogen-bond acceptors (Lipinski definition) is 4. The Hall–Kier alpha value is -3.74. The molecule has 3 heterocycles. The lowest BCUT2D eigenvalue weighted by Crippen LogP contribution is -2.19. The smallest absolute Gasteiger partial charge is 0.269 e. The largest absolute Gasteiger partial charge is 0.276 e. The van der Waals surface area contributed by atoms with Gasteiger partial charge in [0.2, 0.25) is 0 Å². The molecular weight excluding hydrogens is 457 g/mol. The summed E-state index contributed by atoms with van der Waals surface area (Å²) in [4.78, 5) is 28.1. The molecule has 0 spiro atoms. The van der Waals surface area contributed by atoms with Gasteiger partial charge in [-0.15, -0.1) is 0 Å². The SMILES string of the molecule is Cc1cccc(-n2cnc3c(c2=O)c2nc4ccccc4nc2n3-c2ccc(Cl)c(Cl)c2)c1. The summed E-state index contributed by atoms with van der Waals surface area (Å²) in [6.45, 7) is 1.98. The number of rotatable bonds is 2. The number of aromatic nitrogens is 5. The summed E-state index contributed by atoms with van der Waals surface area (Å²) >= 11 is 12.5. The number of para-hydroxylation sites is 2. The average molecular weight is 472 g/mol. The number of hydrogen-bond donors (Lipinski definition) is 0. The van der Waals surface area contributed by atoms with Gasteiger partial charge in [0.25, 0.3) is 5.56 Å². The topological polar surface area (TPSA) is 65.6 Å². The third-order valence-electron chi connectivity index (χ3n) is 5.61. The van der Waals surface area contributed by atoms with E-state index in [2.05, 4.69) is 4.98 Å². The average Bonchev–Trinajstić information content (AvgIpc) is 3.13. The van der Waals surface area contributed by atoms with Crippen molar-refractivity contribution >= 4 is 56.4 Å². The summed E-state index contributed by atoms with van der Waals surface area (Å²) in [7, 11) is 0. The van der Waals surface area contributed by atoms with E-state index in [4.69, 9.17) is 33.2 Å². The van der Waals surface area contributed by atoms with Crippen molar-refractivity contribution in [3.8, 4) is 11.4 Å². The first kappa shape index (κ1) is 19.9. The van der Waals surface area contributed by atoms with Gasteiger partial charge < -0.3 is 0 Å². The van der Waals surface area contributed by atoms with Crippen LogP contribution in [0.5, 0.6) is 0 Å². The minimum absolute atomic E-state index is 0.223. The van der Waals surface area contributed by atoms with E-state index in [9.17, 15) is 4.79 Å². The van der Waals surface area contributed by atoms with E-state index >= 15 is 0 Å². The van der Waals surface area contributed by atoms with E-state index in [1.54, 1.807) is 16.7 Å². The van der Waals surface area contributed by atoms with Gasteiger partial charge >= 0.3 is 0 Å². The first-order valence-corrected chi connectivity index (χ1v) is 11.0. The number of aryl methyl sites for hydroxylation is 1. The van der Waals surface area contributed by atoms with Crippen LogP contribution in [0.2, 0.25) is 10.0 Å². The molecule has 0 aliphatic heterocycles. The fourth-order valence-electron chi connectivity index (χ4n) is 4.07. The molecule has 3 aromatic heterocycles. The Kier molecular flexibility index (Phi) is 4.47.